The van der Waals surface area contributed by atoms with E-state index in [1.165, 1.54) is 12.1 Å². The Morgan fingerprint density at radius 1 is 1.21 bits per heavy atom. The normalized spacial score (nSPS) is 10.4. The van der Waals surface area contributed by atoms with Gasteiger partial charge < -0.3 is 10.8 Å². The number of urea groups is 1. The number of aryl methyl sites for hydroxylation is 1. The van der Waals surface area contributed by atoms with E-state index in [4.69, 9.17) is 0 Å². The molecule has 0 heterocycles. The molecule has 0 unspecified atom stereocenters. The molecule has 2 amide bonds. The molecule has 0 bridgehead atoms. The lowest BCUT2D eigenvalue weighted by Crippen LogP contribution is -2.39. The van der Waals surface area contributed by atoms with E-state index in [1.54, 1.807) is 12.1 Å². The van der Waals surface area contributed by atoms with E-state index < -0.39 is 16.1 Å². The number of hydrogen-bond acceptors (Lipinski definition) is 3. The van der Waals surface area contributed by atoms with Crippen molar-refractivity contribution in [3.8, 4) is 0 Å². The number of nitrogens with one attached hydrogen (secondary N) is 2. The first kappa shape index (κ1) is 17.4. The summed E-state index contributed by atoms with van der Waals surface area (Å²) in [5.41, 5.74) is 0.960. The largest absolute Gasteiger partial charge is 0.412 e. The number of sulfonamides is 1. The molecule has 1 rings (SSSR count). The zero-order chi connectivity index (χ0) is 13.6. The number of carbonyl (C=O) groups is 1. The van der Waals surface area contributed by atoms with Gasteiger partial charge in [-0.15, -0.1) is 0 Å². The number of carbonyl (C=O) groups excluding carboxylic acids is 1. The summed E-state index contributed by atoms with van der Waals surface area (Å²) in [6, 6.07) is 5.62. The van der Waals surface area contributed by atoms with Crippen LogP contribution in [0.2, 0.25) is 0 Å². The Hall–Kier alpha value is -1.60. The Labute approximate surface area is 113 Å². The van der Waals surface area contributed by atoms with E-state index >= 15 is 0 Å². The maximum absolute atomic E-state index is 11.8. The zero-order valence-corrected chi connectivity index (χ0v) is 11.9. The fourth-order valence-electron chi connectivity index (χ4n) is 1.31. The molecule has 7 heteroatoms. The molecule has 108 valence electrons. The van der Waals surface area contributed by atoms with Crippen LogP contribution in [0, 0.1) is 6.92 Å². The fourth-order valence-corrected chi connectivity index (χ4v) is 2.24. The molecule has 4 N–H and O–H groups in total. The van der Waals surface area contributed by atoms with Gasteiger partial charge in [0.15, 0.2) is 0 Å². The van der Waals surface area contributed by atoms with Crippen molar-refractivity contribution in [3.63, 3.8) is 0 Å². The van der Waals surface area contributed by atoms with Gasteiger partial charge in [0.2, 0.25) is 0 Å². The smallest absolute Gasteiger partial charge is 0.328 e. The van der Waals surface area contributed by atoms with E-state index in [9.17, 15) is 13.2 Å². The highest BCUT2D eigenvalue weighted by Crippen LogP contribution is 2.09. The molecule has 0 fully saturated rings. The Balaban J connectivity index is 0.00000324. The van der Waals surface area contributed by atoms with Crippen LogP contribution < -0.4 is 10.0 Å². The summed E-state index contributed by atoms with van der Waals surface area (Å²) in [5.74, 6) is 0. The van der Waals surface area contributed by atoms with Crippen molar-refractivity contribution in [2.75, 3.05) is 6.54 Å². The van der Waals surface area contributed by atoms with Crippen molar-refractivity contribution in [2.24, 2.45) is 0 Å². The summed E-state index contributed by atoms with van der Waals surface area (Å²) in [6.45, 7) is 4.32. The predicted molar refractivity (Wildman–Crippen MR) is 73.4 cm³/mol. The van der Waals surface area contributed by atoms with Crippen molar-refractivity contribution >= 4 is 16.1 Å². The molecular formula is C12H20N2O4S. The molecule has 19 heavy (non-hydrogen) atoms. The summed E-state index contributed by atoms with van der Waals surface area (Å²) in [7, 11) is -3.78. The highest BCUT2D eigenvalue weighted by Gasteiger charge is 2.16. The third kappa shape index (κ3) is 5.71. The van der Waals surface area contributed by atoms with Crippen LogP contribution in [0.5, 0.6) is 0 Å². The van der Waals surface area contributed by atoms with Crippen molar-refractivity contribution in [2.45, 2.75) is 31.6 Å². The maximum Gasteiger partial charge on any atom is 0.328 e. The lowest BCUT2D eigenvalue weighted by atomic mass is 10.2. The minimum Gasteiger partial charge on any atom is -0.412 e. The fraction of sp³-hybridized carbons (Fsp3) is 0.417. The van der Waals surface area contributed by atoms with Gasteiger partial charge in [-0.3, -0.25) is 0 Å². The van der Waals surface area contributed by atoms with Gasteiger partial charge in [0.1, 0.15) is 0 Å². The molecule has 1 aromatic rings. The summed E-state index contributed by atoms with van der Waals surface area (Å²) in [5, 5.41) is 2.49. The molecule has 0 aliphatic heterocycles. The minimum absolute atomic E-state index is 0. The number of hydrogen-bond donors (Lipinski definition) is 2. The average Bonchev–Trinajstić information content (AvgIpc) is 2.29. The molecule has 0 saturated carbocycles. The first-order valence-corrected chi connectivity index (χ1v) is 7.31. The molecule has 0 aliphatic rings. The number of rotatable bonds is 5. The Kier molecular flexibility index (Phi) is 7.10. The zero-order valence-electron chi connectivity index (χ0n) is 11.1. The summed E-state index contributed by atoms with van der Waals surface area (Å²) in [4.78, 5) is 11.5. The summed E-state index contributed by atoms with van der Waals surface area (Å²) < 4.78 is 25.6. The van der Waals surface area contributed by atoms with Crippen molar-refractivity contribution in [1.82, 2.24) is 10.0 Å². The standard InChI is InChI=1S/C12H18N2O3S.H2O/c1-3-4-9-13-12(15)14-18(16,17)11-7-5-10(2)6-8-11;/h5-8H,3-4,9H2,1-2H3,(H2,13,14,15);1H2. The van der Waals surface area contributed by atoms with Crippen LogP contribution >= 0.6 is 0 Å². The Bertz CT molecular complexity index is 497. The van der Waals surface area contributed by atoms with Gasteiger partial charge in [0, 0.05) is 6.54 Å². The molecule has 0 saturated heterocycles. The summed E-state index contributed by atoms with van der Waals surface area (Å²) in [6.07, 6.45) is 1.75. The molecular weight excluding hydrogens is 268 g/mol. The lowest BCUT2D eigenvalue weighted by molar-refractivity contribution is 0.245. The Morgan fingerprint density at radius 3 is 2.32 bits per heavy atom. The second-order valence-corrected chi connectivity index (χ2v) is 5.71. The van der Waals surface area contributed by atoms with E-state index in [0.29, 0.717) is 6.54 Å². The third-order valence-corrected chi connectivity index (χ3v) is 3.72. The van der Waals surface area contributed by atoms with Gasteiger partial charge in [-0.1, -0.05) is 31.0 Å². The van der Waals surface area contributed by atoms with Crippen LogP contribution in [0.1, 0.15) is 25.3 Å². The lowest BCUT2D eigenvalue weighted by Gasteiger charge is -2.08. The second-order valence-electron chi connectivity index (χ2n) is 4.03. The maximum atomic E-state index is 11.8. The van der Waals surface area contributed by atoms with Crippen LogP contribution in [0.4, 0.5) is 4.79 Å². The van der Waals surface area contributed by atoms with Crippen LogP contribution in [0.3, 0.4) is 0 Å². The second kappa shape index (κ2) is 7.75. The Morgan fingerprint density at radius 2 is 1.79 bits per heavy atom. The van der Waals surface area contributed by atoms with Gasteiger partial charge in [0.05, 0.1) is 4.90 Å². The number of benzene rings is 1. The SMILES string of the molecule is CCCCNC(=O)NS(=O)(=O)c1ccc(C)cc1.O. The van der Waals surface area contributed by atoms with Gasteiger partial charge in [-0.05, 0) is 25.5 Å². The van der Waals surface area contributed by atoms with Crippen LogP contribution in [-0.4, -0.2) is 26.5 Å². The van der Waals surface area contributed by atoms with Gasteiger partial charge in [-0.2, -0.15) is 0 Å². The minimum atomic E-state index is -3.78. The molecule has 0 aliphatic carbocycles. The van der Waals surface area contributed by atoms with Crippen molar-refractivity contribution in [1.29, 1.82) is 0 Å². The third-order valence-electron chi connectivity index (χ3n) is 2.37. The number of amides is 2. The quantitative estimate of drug-likeness (QED) is 0.788. The first-order valence-electron chi connectivity index (χ1n) is 5.83. The van der Waals surface area contributed by atoms with Crippen LogP contribution in [0.15, 0.2) is 29.2 Å². The van der Waals surface area contributed by atoms with Crippen molar-refractivity contribution in [3.05, 3.63) is 29.8 Å². The predicted octanol–water partition coefficient (Wildman–Crippen LogP) is 0.958. The molecule has 0 aromatic heterocycles. The highest BCUT2D eigenvalue weighted by atomic mass is 32.2. The van der Waals surface area contributed by atoms with Crippen molar-refractivity contribution < 1.29 is 18.7 Å². The average molecular weight is 288 g/mol. The summed E-state index contributed by atoms with van der Waals surface area (Å²) >= 11 is 0. The van der Waals surface area contributed by atoms with Crippen LogP contribution in [-0.2, 0) is 10.0 Å². The first-order chi connectivity index (χ1) is 8.45. The molecule has 1 aromatic carbocycles. The molecule has 0 spiro atoms. The number of unbranched alkanes of at least 4 members (excludes halogenated alkanes) is 1. The van der Waals surface area contributed by atoms with E-state index in [1.807, 2.05) is 18.6 Å². The topological polar surface area (TPSA) is 107 Å². The van der Waals surface area contributed by atoms with E-state index in [0.717, 1.165) is 18.4 Å². The molecule has 0 radical (unpaired) electrons. The molecule has 6 nitrogen and oxygen atoms in total. The monoisotopic (exact) mass is 288 g/mol. The van der Waals surface area contributed by atoms with Crippen LogP contribution in [0.25, 0.3) is 0 Å². The van der Waals surface area contributed by atoms with Gasteiger partial charge in [-0.25, -0.2) is 17.9 Å². The van der Waals surface area contributed by atoms with E-state index in [2.05, 4.69) is 5.32 Å². The van der Waals surface area contributed by atoms with E-state index in [-0.39, 0.29) is 10.4 Å². The van der Waals surface area contributed by atoms with Gasteiger partial charge in [0.25, 0.3) is 10.0 Å². The highest BCUT2D eigenvalue weighted by molar-refractivity contribution is 7.90. The molecule has 0 atom stereocenters. The van der Waals surface area contributed by atoms with Gasteiger partial charge >= 0.3 is 6.03 Å².